The van der Waals surface area contributed by atoms with Gasteiger partial charge in [0.1, 0.15) is 11.9 Å². The highest BCUT2D eigenvalue weighted by Gasteiger charge is 2.32. The van der Waals surface area contributed by atoms with Gasteiger partial charge in [-0.25, -0.2) is 4.39 Å². The molecule has 0 spiro atoms. The summed E-state index contributed by atoms with van der Waals surface area (Å²) in [6.45, 7) is 2.23. The summed E-state index contributed by atoms with van der Waals surface area (Å²) in [7, 11) is 0. The summed E-state index contributed by atoms with van der Waals surface area (Å²) in [6, 6.07) is 3.76. The van der Waals surface area contributed by atoms with Crippen LogP contribution in [0.4, 0.5) is 4.39 Å². The van der Waals surface area contributed by atoms with Crippen molar-refractivity contribution in [1.29, 1.82) is 0 Å². The van der Waals surface area contributed by atoms with Crippen molar-refractivity contribution in [3.63, 3.8) is 0 Å². The van der Waals surface area contributed by atoms with Crippen LogP contribution in [-0.4, -0.2) is 29.3 Å². The van der Waals surface area contributed by atoms with Crippen LogP contribution in [0, 0.1) is 12.7 Å². The van der Waals surface area contributed by atoms with Crippen molar-refractivity contribution < 1.29 is 14.0 Å². The van der Waals surface area contributed by atoms with E-state index < -0.39 is 23.7 Å². The Morgan fingerprint density at radius 1 is 1.37 bits per heavy atom. The predicted octanol–water partition coefficient (Wildman–Crippen LogP) is 1.61. The molecule has 2 rings (SSSR count). The van der Waals surface area contributed by atoms with Gasteiger partial charge < -0.3 is 10.6 Å². The Bertz CT molecular complexity index is 516. The molecule has 1 heterocycles. The van der Waals surface area contributed by atoms with Gasteiger partial charge in [0.15, 0.2) is 0 Å². The first-order valence-corrected chi connectivity index (χ1v) is 6.37. The van der Waals surface area contributed by atoms with Crippen molar-refractivity contribution in [2.24, 2.45) is 5.73 Å². The zero-order chi connectivity index (χ0) is 14.0. The zero-order valence-electron chi connectivity index (χ0n) is 10.9. The highest BCUT2D eigenvalue weighted by molar-refractivity contribution is 5.97. The van der Waals surface area contributed by atoms with E-state index >= 15 is 0 Å². The minimum atomic E-state index is -0.624. The molecule has 4 nitrogen and oxygen atoms in total. The molecule has 1 atom stereocenters. The normalized spacial score (nSPS) is 19.3. The summed E-state index contributed by atoms with van der Waals surface area (Å²) >= 11 is 0. The van der Waals surface area contributed by atoms with Crippen LogP contribution >= 0.6 is 0 Å². The first kappa shape index (κ1) is 13.5. The number of halogens is 1. The van der Waals surface area contributed by atoms with Crippen LogP contribution in [-0.2, 0) is 4.79 Å². The minimum Gasteiger partial charge on any atom is -0.368 e. The van der Waals surface area contributed by atoms with E-state index in [2.05, 4.69) is 0 Å². The lowest BCUT2D eigenvalue weighted by Crippen LogP contribution is -2.50. The third-order valence-corrected chi connectivity index (χ3v) is 3.44. The number of rotatable bonds is 2. The quantitative estimate of drug-likeness (QED) is 0.882. The Morgan fingerprint density at radius 2 is 2.11 bits per heavy atom. The first-order valence-electron chi connectivity index (χ1n) is 6.37. The molecule has 1 unspecified atom stereocenters. The van der Waals surface area contributed by atoms with E-state index in [1.54, 1.807) is 13.0 Å². The molecule has 1 aromatic carbocycles. The lowest BCUT2D eigenvalue weighted by atomic mass is 9.99. The number of carbonyl (C=O) groups excluding carboxylic acids is 2. The Morgan fingerprint density at radius 3 is 2.79 bits per heavy atom. The number of nitrogens with two attached hydrogens (primary N) is 1. The lowest BCUT2D eigenvalue weighted by Gasteiger charge is -2.33. The number of carbonyl (C=O) groups is 2. The summed E-state index contributed by atoms with van der Waals surface area (Å²) in [6.07, 6.45) is 2.21. The molecule has 1 aromatic rings. The van der Waals surface area contributed by atoms with Crippen molar-refractivity contribution in [2.75, 3.05) is 6.54 Å². The highest BCUT2D eigenvalue weighted by Crippen LogP contribution is 2.21. The number of piperidine rings is 1. The van der Waals surface area contributed by atoms with Gasteiger partial charge in [-0.15, -0.1) is 0 Å². The van der Waals surface area contributed by atoms with Gasteiger partial charge in [-0.1, -0.05) is 11.6 Å². The summed E-state index contributed by atoms with van der Waals surface area (Å²) in [5, 5.41) is 0. The topological polar surface area (TPSA) is 63.4 Å². The van der Waals surface area contributed by atoms with Gasteiger partial charge in [-0.05, 0) is 38.3 Å². The number of primary amides is 1. The standard InChI is InChI=1S/C14H17FN2O2/c1-9-5-6-11(15)10(8-9)14(19)17-7-3-2-4-12(17)13(16)18/h5-6,8,12H,2-4,7H2,1H3,(H2,16,18). The molecule has 2 N–H and O–H groups in total. The smallest absolute Gasteiger partial charge is 0.257 e. The van der Waals surface area contributed by atoms with E-state index in [1.165, 1.54) is 17.0 Å². The molecule has 1 fully saturated rings. The van der Waals surface area contributed by atoms with Crippen molar-refractivity contribution in [2.45, 2.75) is 32.2 Å². The molecule has 19 heavy (non-hydrogen) atoms. The monoisotopic (exact) mass is 264 g/mol. The van der Waals surface area contributed by atoms with Crippen molar-refractivity contribution in [1.82, 2.24) is 4.90 Å². The molecule has 1 aliphatic heterocycles. The SMILES string of the molecule is Cc1ccc(F)c(C(=O)N2CCCCC2C(N)=O)c1. The Balaban J connectivity index is 2.31. The third kappa shape index (κ3) is 2.75. The average molecular weight is 264 g/mol. The fourth-order valence-electron chi connectivity index (χ4n) is 2.43. The number of nitrogens with zero attached hydrogens (tertiary/aromatic N) is 1. The van der Waals surface area contributed by atoms with E-state index in [0.29, 0.717) is 13.0 Å². The van der Waals surface area contributed by atoms with Crippen LogP contribution < -0.4 is 5.73 Å². The largest absolute Gasteiger partial charge is 0.368 e. The summed E-state index contributed by atoms with van der Waals surface area (Å²) in [5.41, 5.74) is 6.13. The van der Waals surface area contributed by atoms with Gasteiger partial charge in [0.25, 0.3) is 5.91 Å². The van der Waals surface area contributed by atoms with Crippen molar-refractivity contribution in [3.8, 4) is 0 Å². The van der Waals surface area contributed by atoms with E-state index in [-0.39, 0.29) is 5.56 Å². The lowest BCUT2D eigenvalue weighted by molar-refractivity contribution is -0.123. The van der Waals surface area contributed by atoms with Crippen LogP contribution in [0.2, 0.25) is 0 Å². The molecular formula is C14H17FN2O2. The number of hydrogen-bond acceptors (Lipinski definition) is 2. The number of aryl methyl sites for hydroxylation is 1. The Labute approximate surface area is 111 Å². The molecule has 0 bridgehead atoms. The van der Waals surface area contributed by atoms with E-state index in [1.807, 2.05) is 0 Å². The third-order valence-electron chi connectivity index (χ3n) is 3.44. The van der Waals surface area contributed by atoms with Crippen LogP contribution in [0.15, 0.2) is 18.2 Å². The predicted molar refractivity (Wildman–Crippen MR) is 69.0 cm³/mol. The zero-order valence-corrected chi connectivity index (χ0v) is 10.9. The van der Waals surface area contributed by atoms with E-state index in [0.717, 1.165) is 18.4 Å². The van der Waals surface area contributed by atoms with Crippen LogP contribution in [0.3, 0.4) is 0 Å². The molecule has 0 aliphatic carbocycles. The number of amides is 2. The summed E-state index contributed by atoms with van der Waals surface area (Å²) in [5.74, 6) is -1.55. The molecule has 5 heteroatoms. The van der Waals surface area contributed by atoms with Crippen molar-refractivity contribution in [3.05, 3.63) is 35.1 Å². The van der Waals surface area contributed by atoms with Gasteiger partial charge in [-0.3, -0.25) is 9.59 Å². The minimum absolute atomic E-state index is 0.00755. The maximum absolute atomic E-state index is 13.7. The summed E-state index contributed by atoms with van der Waals surface area (Å²) < 4.78 is 13.7. The highest BCUT2D eigenvalue weighted by atomic mass is 19.1. The van der Waals surface area contributed by atoms with Crippen molar-refractivity contribution >= 4 is 11.8 Å². The number of likely N-dealkylation sites (tertiary alicyclic amines) is 1. The average Bonchev–Trinajstić information content (AvgIpc) is 2.40. The van der Waals surface area contributed by atoms with Crippen LogP contribution in [0.5, 0.6) is 0 Å². The molecule has 2 amide bonds. The second-order valence-electron chi connectivity index (χ2n) is 4.90. The van der Waals surface area contributed by atoms with Crippen LogP contribution in [0.25, 0.3) is 0 Å². The van der Waals surface area contributed by atoms with Gasteiger partial charge >= 0.3 is 0 Å². The first-order chi connectivity index (χ1) is 9.00. The van der Waals surface area contributed by atoms with Gasteiger partial charge in [0.2, 0.25) is 5.91 Å². The second kappa shape index (κ2) is 5.38. The van der Waals surface area contributed by atoms with E-state index in [9.17, 15) is 14.0 Å². The molecule has 0 saturated carbocycles. The number of hydrogen-bond donors (Lipinski definition) is 1. The Kier molecular flexibility index (Phi) is 3.83. The molecular weight excluding hydrogens is 247 g/mol. The number of benzene rings is 1. The Hall–Kier alpha value is -1.91. The van der Waals surface area contributed by atoms with Gasteiger partial charge in [0, 0.05) is 6.54 Å². The summed E-state index contributed by atoms with van der Waals surface area (Å²) in [4.78, 5) is 25.1. The van der Waals surface area contributed by atoms with Crippen LogP contribution in [0.1, 0.15) is 35.2 Å². The molecule has 102 valence electrons. The van der Waals surface area contributed by atoms with Gasteiger partial charge in [0.05, 0.1) is 5.56 Å². The second-order valence-corrected chi connectivity index (χ2v) is 4.90. The maximum atomic E-state index is 13.7. The van der Waals surface area contributed by atoms with E-state index in [4.69, 9.17) is 5.73 Å². The van der Waals surface area contributed by atoms with Gasteiger partial charge in [-0.2, -0.15) is 0 Å². The molecule has 1 saturated heterocycles. The molecule has 0 aromatic heterocycles. The fraction of sp³-hybridized carbons (Fsp3) is 0.429. The molecule has 0 radical (unpaired) electrons. The molecule has 1 aliphatic rings. The maximum Gasteiger partial charge on any atom is 0.257 e. The fourth-order valence-corrected chi connectivity index (χ4v) is 2.43.